The van der Waals surface area contributed by atoms with Crippen LogP contribution >= 0.6 is 0 Å². The van der Waals surface area contributed by atoms with Gasteiger partial charge in [0.25, 0.3) is 0 Å². The molecule has 9 heteroatoms. The molecule has 0 saturated carbocycles. The van der Waals surface area contributed by atoms with Crippen molar-refractivity contribution >= 4 is 11.7 Å². The summed E-state index contributed by atoms with van der Waals surface area (Å²) in [4.78, 5) is 21.4. The van der Waals surface area contributed by atoms with Gasteiger partial charge in [0.2, 0.25) is 5.91 Å². The molecule has 3 aliphatic heterocycles. The Labute approximate surface area is 192 Å². The molecular formula is C24H30FN5O3. The summed E-state index contributed by atoms with van der Waals surface area (Å²) in [6.07, 6.45) is 1.92. The van der Waals surface area contributed by atoms with Crippen LogP contribution in [0.1, 0.15) is 24.0 Å². The second-order valence-electron chi connectivity index (χ2n) is 9.08. The first kappa shape index (κ1) is 22.1. The molecule has 3 aliphatic rings. The molecule has 1 aromatic carbocycles. The van der Waals surface area contributed by atoms with Crippen molar-refractivity contribution in [3.05, 3.63) is 47.4 Å². The monoisotopic (exact) mass is 455 g/mol. The van der Waals surface area contributed by atoms with Gasteiger partial charge in [-0.3, -0.25) is 9.69 Å². The maximum Gasteiger partial charge on any atom is 0.239 e. The number of hydrogen-bond donors (Lipinski definition) is 2. The highest BCUT2D eigenvalue weighted by molar-refractivity contribution is 5.82. The van der Waals surface area contributed by atoms with Crippen LogP contribution in [0.2, 0.25) is 0 Å². The first-order chi connectivity index (χ1) is 16.0. The Kier molecular flexibility index (Phi) is 6.18. The van der Waals surface area contributed by atoms with E-state index in [4.69, 9.17) is 15.2 Å². The number of ether oxygens (including phenoxy) is 2. The van der Waals surface area contributed by atoms with Crippen LogP contribution < -0.4 is 15.8 Å². The van der Waals surface area contributed by atoms with E-state index in [0.717, 1.165) is 37.6 Å². The molecule has 1 aromatic heterocycles. The largest absolute Gasteiger partial charge is 0.454 e. The maximum atomic E-state index is 14.9. The van der Waals surface area contributed by atoms with Gasteiger partial charge in [-0.05, 0) is 30.2 Å². The number of carbonyl (C=O) groups excluding carboxylic acids is 1. The normalized spacial score (nSPS) is 23.4. The van der Waals surface area contributed by atoms with E-state index >= 15 is 0 Å². The number of aromatic nitrogens is 1. The maximum absolute atomic E-state index is 14.9. The van der Waals surface area contributed by atoms with Gasteiger partial charge in [0.15, 0.2) is 11.6 Å². The Balaban J connectivity index is 1.23. The van der Waals surface area contributed by atoms with Crippen molar-refractivity contribution in [3.8, 4) is 11.5 Å². The van der Waals surface area contributed by atoms with Crippen LogP contribution in [0.15, 0.2) is 30.5 Å². The van der Waals surface area contributed by atoms with Gasteiger partial charge in [-0.25, -0.2) is 9.37 Å². The van der Waals surface area contributed by atoms with Gasteiger partial charge in [0.1, 0.15) is 11.6 Å². The van der Waals surface area contributed by atoms with E-state index in [2.05, 4.69) is 22.1 Å². The van der Waals surface area contributed by atoms with E-state index in [1.807, 2.05) is 4.90 Å². The number of benzene rings is 1. The molecule has 0 aliphatic carbocycles. The zero-order valence-corrected chi connectivity index (χ0v) is 18.8. The molecule has 3 N–H and O–H groups in total. The molecule has 33 heavy (non-hydrogen) atoms. The van der Waals surface area contributed by atoms with Crippen molar-refractivity contribution in [1.29, 1.82) is 0 Å². The number of morpholine rings is 1. The summed E-state index contributed by atoms with van der Waals surface area (Å²) in [5.74, 6) is 1.17. The summed E-state index contributed by atoms with van der Waals surface area (Å²) < 4.78 is 26.3. The fraction of sp³-hybridized carbons (Fsp3) is 0.500. The SMILES string of the molecule is CC1CNc2nccc(Oc3ccc(CC(N)C(=O)N4CCN5CCOCC5C4)cc3F)c21. The van der Waals surface area contributed by atoms with Gasteiger partial charge < -0.3 is 25.4 Å². The van der Waals surface area contributed by atoms with E-state index in [-0.39, 0.29) is 30.0 Å². The number of nitrogens with two attached hydrogens (primary N) is 1. The number of anilines is 1. The number of halogens is 1. The highest BCUT2D eigenvalue weighted by Gasteiger charge is 2.33. The Morgan fingerprint density at radius 2 is 2.21 bits per heavy atom. The number of rotatable bonds is 5. The molecule has 4 heterocycles. The molecular weight excluding hydrogens is 425 g/mol. The van der Waals surface area contributed by atoms with Crippen molar-refractivity contribution in [3.63, 3.8) is 0 Å². The second-order valence-corrected chi connectivity index (χ2v) is 9.08. The lowest BCUT2D eigenvalue weighted by atomic mass is 10.0. The Morgan fingerprint density at radius 1 is 1.33 bits per heavy atom. The molecule has 0 spiro atoms. The first-order valence-electron chi connectivity index (χ1n) is 11.5. The molecule has 1 amide bonds. The summed E-state index contributed by atoms with van der Waals surface area (Å²) in [5.41, 5.74) is 7.85. The molecule has 3 unspecified atom stereocenters. The highest BCUT2D eigenvalue weighted by Crippen LogP contribution is 2.39. The average molecular weight is 456 g/mol. The topological polar surface area (TPSA) is 93.0 Å². The molecule has 2 aromatic rings. The predicted molar refractivity (Wildman–Crippen MR) is 122 cm³/mol. The Morgan fingerprint density at radius 3 is 3.06 bits per heavy atom. The van der Waals surface area contributed by atoms with Crippen LogP contribution in [0, 0.1) is 5.82 Å². The molecule has 2 saturated heterocycles. The van der Waals surface area contributed by atoms with E-state index in [9.17, 15) is 9.18 Å². The van der Waals surface area contributed by atoms with Gasteiger partial charge in [-0.1, -0.05) is 13.0 Å². The summed E-state index contributed by atoms with van der Waals surface area (Å²) in [6, 6.07) is 6.02. The van der Waals surface area contributed by atoms with E-state index < -0.39 is 11.9 Å². The summed E-state index contributed by atoms with van der Waals surface area (Å²) in [6.45, 7) is 7.26. The van der Waals surface area contributed by atoms with Crippen LogP contribution in [-0.2, 0) is 16.0 Å². The van der Waals surface area contributed by atoms with Gasteiger partial charge >= 0.3 is 0 Å². The lowest BCUT2D eigenvalue weighted by Gasteiger charge is -2.44. The standard InChI is InChI=1S/C24H30FN5O3/c1-15-12-28-23-22(15)21(4-5-27-23)33-20-3-2-16(10-18(20)25)11-19(26)24(31)30-7-6-29-8-9-32-14-17(29)13-30/h2-5,10,15,17,19H,6-9,11-14,26H2,1H3,(H,27,28). The predicted octanol–water partition coefficient (Wildman–Crippen LogP) is 1.95. The average Bonchev–Trinajstić information content (AvgIpc) is 3.21. The molecule has 2 fully saturated rings. The third kappa shape index (κ3) is 4.53. The number of amides is 1. The van der Waals surface area contributed by atoms with Crippen molar-refractivity contribution in [2.75, 3.05) is 51.3 Å². The molecule has 5 rings (SSSR count). The van der Waals surface area contributed by atoms with Crippen LogP contribution in [-0.4, -0.2) is 78.7 Å². The number of nitrogens with zero attached hydrogens (tertiary/aromatic N) is 3. The minimum absolute atomic E-state index is 0.102. The number of piperazine rings is 1. The van der Waals surface area contributed by atoms with Crippen molar-refractivity contribution in [1.82, 2.24) is 14.8 Å². The highest BCUT2D eigenvalue weighted by atomic mass is 19.1. The zero-order chi connectivity index (χ0) is 22.9. The number of pyridine rings is 1. The van der Waals surface area contributed by atoms with E-state index in [0.29, 0.717) is 31.0 Å². The number of carbonyl (C=O) groups is 1. The second kappa shape index (κ2) is 9.24. The molecule has 176 valence electrons. The number of fused-ring (bicyclic) bond motifs is 2. The summed E-state index contributed by atoms with van der Waals surface area (Å²) >= 11 is 0. The van der Waals surface area contributed by atoms with Crippen LogP contribution in [0.4, 0.5) is 10.2 Å². The quantitative estimate of drug-likeness (QED) is 0.712. The van der Waals surface area contributed by atoms with E-state index in [1.165, 1.54) is 6.07 Å². The Bertz CT molecular complexity index is 1040. The number of nitrogens with one attached hydrogen (secondary N) is 1. The fourth-order valence-electron chi connectivity index (χ4n) is 4.91. The minimum atomic E-state index is -0.720. The molecule has 0 radical (unpaired) electrons. The molecule has 0 bridgehead atoms. The smallest absolute Gasteiger partial charge is 0.239 e. The van der Waals surface area contributed by atoms with Crippen molar-refractivity contribution < 1.29 is 18.7 Å². The van der Waals surface area contributed by atoms with Crippen LogP contribution in [0.5, 0.6) is 11.5 Å². The zero-order valence-electron chi connectivity index (χ0n) is 18.8. The van der Waals surface area contributed by atoms with E-state index in [1.54, 1.807) is 24.4 Å². The number of hydrogen-bond acceptors (Lipinski definition) is 7. The van der Waals surface area contributed by atoms with Crippen LogP contribution in [0.3, 0.4) is 0 Å². The van der Waals surface area contributed by atoms with Gasteiger partial charge in [-0.2, -0.15) is 0 Å². The van der Waals surface area contributed by atoms with Crippen molar-refractivity contribution in [2.24, 2.45) is 5.73 Å². The molecule has 8 nitrogen and oxygen atoms in total. The lowest BCUT2D eigenvalue weighted by Crippen LogP contribution is -2.61. The van der Waals surface area contributed by atoms with Crippen LogP contribution in [0.25, 0.3) is 0 Å². The van der Waals surface area contributed by atoms with Gasteiger partial charge in [0, 0.05) is 50.4 Å². The third-order valence-electron chi connectivity index (χ3n) is 6.76. The van der Waals surface area contributed by atoms with Gasteiger partial charge in [-0.15, -0.1) is 0 Å². The Hall–Kier alpha value is -2.75. The minimum Gasteiger partial charge on any atom is -0.454 e. The third-order valence-corrected chi connectivity index (χ3v) is 6.76. The summed E-state index contributed by atoms with van der Waals surface area (Å²) in [5, 5.41) is 3.23. The van der Waals surface area contributed by atoms with Crippen molar-refractivity contribution in [2.45, 2.75) is 31.3 Å². The lowest BCUT2D eigenvalue weighted by molar-refractivity contribution is -0.138. The van der Waals surface area contributed by atoms with Gasteiger partial charge in [0.05, 0.1) is 25.3 Å². The summed E-state index contributed by atoms with van der Waals surface area (Å²) in [7, 11) is 0. The fourth-order valence-corrected chi connectivity index (χ4v) is 4.91. The first-order valence-corrected chi connectivity index (χ1v) is 11.5. The molecule has 3 atom stereocenters.